The van der Waals surface area contributed by atoms with Crippen LogP contribution in [0.5, 0.6) is 5.75 Å². The molecule has 1 amide bonds. The van der Waals surface area contributed by atoms with Crippen LogP contribution in [0.1, 0.15) is 11.5 Å². The second kappa shape index (κ2) is 6.68. The molecule has 1 saturated heterocycles. The standard InChI is InChI=1S/C16H20N4O3/c1-12-17-18-16(23-12)20-9-7-19(8-10-20)15(21)11-13-5-3-4-6-14(13)22-2/h3-6H,7-11H2,1-2H3. The number of carbonyl (C=O) groups excluding carboxylic acids is 1. The normalized spacial score (nSPS) is 14.9. The zero-order valence-electron chi connectivity index (χ0n) is 13.4. The lowest BCUT2D eigenvalue weighted by Gasteiger charge is -2.33. The van der Waals surface area contributed by atoms with Gasteiger partial charge in [-0.2, -0.15) is 0 Å². The number of carbonyl (C=O) groups is 1. The number of anilines is 1. The van der Waals surface area contributed by atoms with Gasteiger partial charge in [-0.1, -0.05) is 23.3 Å². The third-order valence-corrected chi connectivity index (χ3v) is 3.95. The first-order chi connectivity index (χ1) is 11.2. The van der Waals surface area contributed by atoms with E-state index in [9.17, 15) is 4.79 Å². The second-order valence-electron chi connectivity index (χ2n) is 5.46. The van der Waals surface area contributed by atoms with Gasteiger partial charge >= 0.3 is 6.01 Å². The molecule has 0 N–H and O–H groups in total. The summed E-state index contributed by atoms with van der Waals surface area (Å²) < 4.78 is 10.7. The van der Waals surface area contributed by atoms with E-state index in [1.807, 2.05) is 34.1 Å². The number of hydrogen-bond acceptors (Lipinski definition) is 6. The number of nitrogens with zero attached hydrogens (tertiary/aromatic N) is 4. The van der Waals surface area contributed by atoms with E-state index >= 15 is 0 Å². The first-order valence-electron chi connectivity index (χ1n) is 7.62. The molecule has 2 aromatic rings. The van der Waals surface area contributed by atoms with Gasteiger partial charge in [-0.05, 0) is 6.07 Å². The van der Waals surface area contributed by atoms with E-state index in [2.05, 4.69) is 10.2 Å². The van der Waals surface area contributed by atoms with Gasteiger partial charge in [0.1, 0.15) is 5.75 Å². The molecule has 1 aliphatic rings. The van der Waals surface area contributed by atoms with E-state index in [1.54, 1.807) is 14.0 Å². The van der Waals surface area contributed by atoms with Crippen LogP contribution in [0.4, 0.5) is 6.01 Å². The quantitative estimate of drug-likeness (QED) is 0.846. The topological polar surface area (TPSA) is 71.7 Å². The number of piperazine rings is 1. The molecule has 0 aliphatic carbocycles. The van der Waals surface area contributed by atoms with Crippen molar-refractivity contribution in [2.24, 2.45) is 0 Å². The van der Waals surface area contributed by atoms with Gasteiger partial charge in [0.2, 0.25) is 11.8 Å². The summed E-state index contributed by atoms with van der Waals surface area (Å²) >= 11 is 0. The molecule has 0 spiro atoms. The Balaban J connectivity index is 1.58. The highest BCUT2D eigenvalue weighted by atomic mass is 16.5. The van der Waals surface area contributed by atoms with Crippen molar-refractivity contribution in [3.8, 4) is 5.75 Å². The number of aryl methyl sites for hydroxylation is 1. The van der Waals surface area contributed by atoms with E-state index < -0.39 is 0 Å². The molecule has 3 rings (SSSR count). The highest BCUT2D eigenvalue weighted by Crippen LogP contribution is 2.19. The van der Waals surface area contributed by atoms with Crippen LogP contribution in [0, 0.1) is 6.92 Å². The SMILES string of the molecule is COc1ccccc1CC(=O)N1CCN(c2nnc(C)o2)CC1. The van der Waals surface area contributed by atoms with Crippen molar-refractivity contribution in [2.75, 3.05) is 38.2 Å². The van der Waals surface area contributed by atoms with Crippen molar-refractivity contribution >= 4 is 11.9 Å². The molecular weight excluding hydrogens is 296 g/mol. The number of benzene rings is 1. The predicted octanol–water partition coefficient (Wildman–Crippen LogP) is 1.28. The van der Waals surface area contributed by atoms with Crippen LogP contribution in [0.2, 0.25) is 0 Å². The lowest BCUT2D eigenvalue weighted by Crippen LogP contribution is -2.49. The minimum absolute atomic E-state index is 0.107. The van der Waals surface area contributed by atoms with Crippen LogP contribution in [0.3, 0.4) is 0 Å². The molecule has 1 aromatic carbocycles. The Morgan fingerprint density at radius 1 is 1.22 bits per heavy atom. The van der Waals surface area contributed by atoms with Crippen molar-refractivity contribution in [3.05, 3.63) is 35.7 Å². The zero-order chi connectivity index (χ0) is 16.2. The molecule has 1 aromatic heterocycles. The molecule has 0 atom stereocenters. The largest absolute Gasteiger partial charge is 0.496 e. The lowest BCUT2D eigenvalue weighted by atomic mass is 10.1. The number of amides is 1. The summed E-state index contributed by atoms with van der Waals surface area (Å²) in [7, 11) is 1.62. The lowest BCUT2D eigenvalue weighted by molar-refractivity contribution is -0.130. The number of rotatable bonds is 4. The Kier molecular flexibility index (Phi) is 4.45. The van der Waals surface area contributed by atoms with Crippen LogP contribution in [-0.4, -0.2) is 54.3 Å². The minimum atomic E-state index is 0.107. The molecule has 1 fully saturated rings. The van der Waals surface area contributed by atoms with Crippen molar-refractivity contribution in [2.45, 2.75) is 13.3 Å². The Labute approximate surface area is 134 Å². The third kappa shape index (κ3) is 3.44. The minimum Gasteiger partial charge on any atom is -0.496 e. The van der Waals surface area contributed by atoms with Crippen LogP contribution in [0.25, 0.3) is 0 Å². The Morgan fingerprint density at radius 2 is 1.96 bits per heavy atom. The summed E-state index contributed by atoms with van der Waals surface area (Å²) in [6, 6.07) is 8.14. The molecular formula is C16H20N4O3. The van der Waals surface area contributed by atoms with Crippen LogP contribution < -0.4 is 9.64 Å². The number of para-hydroxylation sites is 1. The van der Waals surface area contributed by atoms with Crippen molar-refractivity contribution in [1.82, 2.24) is 15.1 Å². The highest BCUT2D eigenvalue weighted by molar-refractivity contribution is 5.79. The maximum atomic E-state index is 12.5. The maximum absolute atomic E-state index is 12.5. The molecule has 23 heavy (non-hydrogen) atoms. The summed E-state index contributed by atoms with van der Waals surface area (Å²) in [5.41, 5.74) is 0.912. The monoisotopic (exact) mass is 316 g/mol. The molecule has 1 aliphatic heterocycles. The van der Waals surface area contributed by atoms with E-state index in [1.165, 1.54) is 0 Å². The number of methoxy groups -OCH3 is 1. The smallest absolute Gasteiger partial charge is 0.318 e. The Morgan fingerprint density at radius 3 is 2.61 bits per heavy atom. The zero-order valence-corrected chi connectivity index (χ0v) is 13.4. The molecule has 0 unspecified atom stereocenters. The van der Waals surface area contributed by atoms with Gasteiger partial charge in [0.15, 0.2) is 0 Å². The van der Waals surface area contributed by atoms with Gasteiger partial charge in [0.25, 0.3) is 0 Å². The molecule has 0 radical (unpaired) electrons. The van der Waals surface area contributed by atoms with E-state index in [-0.39, 0.29) is 5.91 Å². The Hall–Kier alpha value is -2.57. The fourth-order valence-corrected chi connectivity index (χ4v) is 2.68. The number of hydrogen-bond donors (Lipinski definition) is 0. The van der Waals surface area contributed by atoms with Gasteiger partial charge in [0, 0.05) is 38.7 Å². The molecule has 0 saturated carbocycles. The molecule has 122 valence electrons. The van der Waals surface area contributed by atoms with Crippen LogP contribution in [0.15, 0.2) is 28.7 Å². The first kappa shape index (κ1) is 15.3. The molecule has 7 nitrogen and oxygen atoms in total. The summed E-state index contributed by atoms with van der Waals surface area (Å²) in [4.78, 5) is 16.4. The second-order valence-corrected chi connectivity index (χ2v) is 5.46. The van der Waals surface area contributed by atoms with Gasteiger partial charge in [-0.15, -0.1) is 5.10 Å². The average molecular weight is 316 g/mol. The van der Waals surface area contributed by atoms with Crippen molar-refractivity contribution in [3.63, 3.8) is 0 Å². The van der Waals surface area contributed by atoms with Crippen molar-refractivity contribution < 1.29 is 13.9 Å². The first-order valence-corrected chi connectivity index (χ1v) is 7.62. The van der Waals surface area contributed by atoms with Crippen molar-refractivity contribution in [1.29, 1.82) is 0 Å². The number of ether oxygens (including phenoxy) is 1. The third-order valence-electron chi connectivity index (χ3n) is 3.95. The predicted molar refractivity (Wildman–Crippen MR) is 84.5 cm³/mol. The van der Waals surface area contributed by atoms with Crippen LogP contribution >= 0.6 is 0 Å². The van der Waals surface area contributed by atoms with Crippen LogP contribution in [-0.2, 0) is 11.2 Å². The van der Waals surface area contributed by atoms with Gasteiger partial charge in [-0.25, -0.2) is 0 Å². The van der Waals surface area contributed by atoms with Gasteiger partial charge in [-0.3, -0.25) is 4.79 Å². The summed E-state index contributed by atoms with van der Waals surface area (Å²) in [6.07, 6.45) is 0.351. The van der Waals surface area contributed by atoms with E-state index in [0.29, 0.717) is 44.5 Å². The number of aromatic nitrogens is 2. The molecule has 0 bridgehead atoms. The summed E-state index contributed by atoms with van der Waals surface area (Å²) in [5, 5.41) is 7.86. The fraction of sp³-hybridized carbons (Fsp3) is 0.438. The average Bonchev–Trinajstić information content (AvgIpc) is 3.02. The van der Waals surface area contributed by atoms with Gasteiger partial charge < -0.3 is 19.0 Å². The van der Waals surface area contributed by atoms with E-state index in [4.69, 9.17) is 9.15 Å². The summed E-state index contributed by atoms with van der Waals surface area (Å²) in [6.45, 7) is 4.45. The molecule has 7 heteroatoms. The van der Waals surface area contributed by atoms with Gasteiger partial charge in [0.05, 0.1) is 13.5 Å². The highest BCUT2D eigenvalue weighted by Gasteiger charge is 2.24. The van der Waals surface area contributed by atoms with E-state index in [0.717, 1.165) is 11.3 Å². The molecule has 2 heterocycles. The Bertz CT molecular complexity index is 677. The fourth-order valence-electron chi connectivity index (χ4n) is 2.68. The summed E-state index contributed by atoms with van der Waals surface area (Å²) in [5.74, 6) is 1.41. The maximum Gasteiger partial charge on any atom is 0.318 e.